The summed E-state index contributed by atoms with van der Waals surface area (Å²) in [5.41, 5.74) is 0.419. The Morgan fingerprint density at radius 2 is 1.95 bits per heavy atom. The molecule has 0 aliphatic heterocycles. The molecular weight excluding hydrogens is 352 g/mol. The van der Waals surface area contributed by atoms with E-state index in [0.29, 0.717) is 10.2 Å². The van der Waals surface area contributed by atoms with Crippen LogP contribution in [-0.2, 0) is 19.6 Å². The molecule has 3 N–H and O–H groups in total. The second-order valence-electron chi connectivity index (χ2n) is 4.00. The van der Waals surface area contributed by atoms with Crippen LogP contribution in [0.1, 0.15) is 13.8 Å². The zero-order chi connectivity index (χ0) is 15.5. The molecule has 0 radical (unpaired) electrons. The molecule has 110 valence electrons. The number of aliphatic carboxylic acids is 1. The van der Waals surface area contributed by atoms with E-state index in [0.717, 1.165) is 0 Å². The van der Waals surface area contributed by atoms with Crippen LogP contribution in [0.15, 0.2) is 27.6 Å². The Hall–Kier alpha value is -1.45. The molecule has 1 aromatic carbocycles. The lowest BCUT2D eigenvalue weighted by Gasteiger charge is -2.12. The highest BCUT2D eigenvalue weighted by Gasteiger charge is 2.22. The third-order valence-electron chi connectivity index (χ3n) is 2.26. The van der Waals surface area contributed by atoms with Gasteiger partial charge in [0.15, 0.2) is 0 Å². The maximum atomic E-state index is 12.0. The number of amides is 1. The third-order valence-corrected chi connectivity index (χ3v) is 4.46. The smallest absolute Gasteiger partial charge is 0.321 e. The third kappa shape index (κ3) is 4.29. The number of hydrogen-bond acceptors (Lipinski definition) is 4. The standard InChI is InChI=1S/C11H13BrN2O5S/c1-6(11(16)17)14-20(18,19)8-3-4-10(9(12)5-8)13-7(2)15/h3-6,14H,1-2H3,(H,13,15)(H,16,17). The quantitative estimate of drug-likeness (QED) is 0.725. The Balaban J connectivity index is 3.05. The molecule has 0 aromatic heterocycles. The minimum absolute atomic E-state index is 0.105. The molecule has 7 nitrogen and oxygen atoms in total. The first kappa shape index (κ1) is 16.6. The van der Waals surface area contributed by atoms with Crippen LogP contribution >= 0.6 is 15.9 Å². The van der Waals surface area contributed by atoms with E-state index >= 15 is 0 Å². The normalized spacial score (nSPS) is 12.8. The Bertz CT molecular complexity index is 644. The number of halogens is 1. The summed E-state index contributed by atoms with van der Waals surface area (Å²) in [6, 6.07) is 2.72. The molecule has 0 bridgehead atoms. The van der Waals surface area contributed by atoms with Crippen molar-refractivity contribution >= 4 is 43.5 Å². The molecule has 1 aromatic rings. The fourth-order valence-corrected chi connectivity index (χ4v) is 3.16. The highest BCUT2D eigenvalue weighted by Crippen LogP contribution is 2.25. The van der Waals surface area contributed by atoms with Crippen LogP contribution in [-0.4, -0.2) is 31.4 Å². The SMILES string of the molecule is CC(=O)Nc1ccc(S(=O)(=O)NC(C)C(=O)O)cc1Br. The molecule has 1 atom stereocenters. The van der Waals surface area contributed by atoms with E-state index in [-0.39, 0.29) is 10.8 Å². The van der Waals surface area contributed by atoms with Crippen molar-refractivity contribution in [3.8, 4) is 0 Å². The summed E-state index contributed by atoms with van der Waals surface area (Å²) in [6.07, 6.45) is 0. The lowest BCUT2D eigenvalue weighted by Crippen LogP contribution is -2.38. The average molecular weight is 365 g/mol. The van der Waals surface area contributed by atoms with Crippen LogP contribution in [0, 0.1) is 0 Å². The van der Waals surface area contributed by atoms with E-state index in [1.165, 1.54) is 32.0 Å². The van der Waals surface area contributed by atoms with Crippen LogP contribution in [0.3, 0.4) is 0 Å². The molecule has 0 fully saturated rings. The summed E-state index contributed by atoms with van der Waals surface area (Å²) in [7, 11) is -3.95. The van der Waals surface area contributed by atoms with E-state index in [1.807, 2.05) is 4.72 Å². The number of carboxylic acids is 1. The van der Waals surface area contributed by atoms with Gasteiger partial charge in [-0.25, -0.2) is 8.42 Å². The minimum Gasteiger partial charge on any atom is -0.480 e. The molecule has 0 aliphatic rings. The van der Waals surface area contributed by atoms with E-state index in [4.69, 9.17) is 5.11 Å². The van der Waals surface area contributed by atoms with Gasteiger partial charge in [-0.15, -0.1) is 0 Å². The fourth-order valence-electron chi connectivity index (χ4n) is 1.31. The van der Waals surface area contributed by atoms with Crippen molar-refractivity contribution < 1.29 is 23.1 Å². The lowest BCUT2D eigenvalue weighted by molar-refractivity contribution is -0.138. The number of benzene rings is 1. The monoisotopic (exact) mass is 364 g/mol. The predicted octanol–water partition coefficient (Wildman–Crippen LogP) is 1.16. The summed E-state index contributed by atoms with van der Waals surface area (Å²) < 4.78 is 26.3. The molecule has 0 saturated carbocycles. The number of carbonyl (C=O) groups excluding carboxylic acids is 1. The molecule has 0 heterocycles. The second-order valence-corrected chi connectivity index (χ2v) is 6.57. The van der Waals surface area contributed by atoms with E-state index < -0.39 is 22.0 Å². The van der Waals surface area contributed by atoms with Gasteiger partial charge in [0, 0.05) is 11.4 Å². The number of rotatable bonds is 5. The summed E-state index contributed by atoms with van der Waals surface area (Å²) in [6.45, 7) is 2.55. The summed E-state index contributed by atoms with van der Waals surface area (Å²) in [4.78, 5) is 21.5. The Morgan fingerprint density at radius 3 is 2.40 bits per heavy atom. The van der Waals surface area contributed by atoms with Gasteiger partial charge in [-0.1, -0.05) is 0 Å². The molecule has 1 unspecified atom stereocenters. The van der Waals surface area contributed by atoms with Crippen molar-refractivity contribution in [1.29, 1.82) is 0 Å². The van der Waals surface area contributed by atoms with Gasteiger partial charge >= 0.3 is 5.97 Å². The maximum Gasteiger partial charge on any atom is 0.321 e. The molecule has 9 heteroatoms. The number of nitrogens with one attached hydrogen (secondary N) is 2. The Labute approximate surface area is 124 Å². The van der Waals surface area contributed by atoms with Crippen LogP contribution in [0.2, 0.25) is 0 Å². The number of sulfonamides is 1. The van der Waals surface area contributed by atoms with Crippen LogP contribution < -0.4 is 10.0 Å². The van der Waals surface area contributed by atoms with Gasteiger partial charge in [0.2, 0.25) is 15.9 Å². The highest BCUT2D eigenvalue weighted by atomic mass is 79.9. The van der Waals surface area contributed by atoms with Gasteiger partial charge < -0.3 is 10.4 Å². The molecule has 0 spiro atoms. The molecule has 0 saturated heterocycles. The number of carbonyl (C=O) groups is 2. The predicted molar refractivity (Wildman–Crippen MR) is 75.9 cm³/mol. The molecule has 1 rings (SSSR count). The highest BCUT2D eigenvalue weighted by molar-refractivity contribution is 9.10. The Kier molecular flexibility index (Phi) is 5.26. The average Bonchev–Trinajstić information content (AvgIpc) is 2.30. The zero-order valence-corrected chi connectivity index (χ0v) is 13.1. The van der Waals surface area contributed by atoms with Gasteiger partial charge in [0.05, 0.1) is 10.6 Å². The van der Waals surface area contributed by atoms with Gasteiger partial charge in [-0.3, -0.25) is 9.59 Å². The second kappa shape index (κ2) is 6.33. The number of carboxylic acid groups (broad SMARTS) is 1. The number of hydrogen-bond donors (Lipinski definition) is 3. The summed E-state index contributed by atoms with van der Waals surface area (Å²) >= 11 is 3.14. The first-order valence-corrected chi connectivity index (χ1v) is 7.73. The van der Waals surface area contributed by atoms with Gasteiger partial charge in [0.1, 0.15) is 6.04 Å². The molecule has 0 aliphatic carbocycles. The first-order chi connectivity index (χ1) is 9.13. The maximum absolute atomic E-state index is 12.0. The van der Waals surface area contributed by atoms with Gasteiger partial charge in [0.25, 0.3) is 0 Å². The molecule has 20 heavy (non-hydrogen) atoms. The van der Waals surface area contributed by atoms with E-state index in [2.05, 4.69) is 21.2 Å². The van der Waals surface area contributed by atoms with Crippen molar-refractivity contribution in [2.45, 2.75) is 24.8 Å². The summed E-state index contributed by atoms with van der Waals surface area (Å²) in [5.74, 6) is -1.57. The largest absolute Gasteiger partial charge is 0.480 e. The van der Waals surface area contributed by atoms with Crippen molar-refractivity contribution in [2.75, 3.05) is 5.32 Å². The Morgan fingerprint density at radius 1 is 1.35 bits per heavy atom. The zero-order valence-electron chi connectivity index (χ0n) is 10.7. The number of anilines is 1. The minimum atomic E-state index is -3.95. The topological polar surface area (TPSA) is 113 Å². The van der Waals surface area contributed by atoms with Gasteiger partial charge in [-0.05, 0) is 41.1 Å². The van der Waals surface area contributed by atoms with Crippen LogP contribution in [0.25, 0.3) is 0 Å². The van der Waals surface area contributed by atoms with Gasteiger partial charge in [-0.2, -0.15) is 4.72 Å². The molecule has 1 amide bonds. The summed E-state index contributed by atoms with van der Waals surface area (Å²) in [5, 5.41) is 11.2. The lowest BCUT2D eigenvalue weighted by atomic mass is 10.3. The first-order valence-electron chi connectivity index (χ1n) is 5.46. The van der Waals surface area contributed by atoms with Crippen molar-refractivity contribution in [3.63, 3.8) is 0 Å². The fraction of sp³-hybridized carbons (Fsp3) is 0.273. The molecular formula is C11H13BrN2O5S. The van der Waals surface area contributed by atoms with Crippen molar-refractivity contribution in [1.82, 2.24) is 4.72 Å². The van der Waals surface area contributed by atoms with Crippen LogP contribution in [0.5, 0.6) is 0 Å². The van der Waals surface area contributed by atoms with Crippen molar-refractivity contribution in [3.05, 3.63) is 22.7 Å². The van der Waals surface area contributed by atoms with Crippen molar-refractivity contribution in [2.24, 2.45) is 0 Å². The van der Waals surface area contributed by atoms with E-state index in [9.17, 15) is 18.0 Å². The van der Waals surface area contributed by atoms with Crippen LogP contribution in [0.4, 0.5) is 5.69 Å². The van der Waals surface area contributed by atoms with E-state index in [1.54, 1.807) is 0 Å².